The maximum atomic E-state index is 3.66. The molecular weight excluding hydrogens is 288 g/mol. The first-order chi connectivity index (χ1) is 11.9. The molecule has 0 saturated heterocycles. The largest absolute Gasteiger partial charge is 0.102 e. The molecule has 3 rings (SSSR count). The summed E-state index contributed by atoms with van der Waals surface area (Å²) < 4.78 is 0. The van der Waals surface area contributed by atoms with Crippen molar-refractivity contribution in [1.29, 1.82) is 0 Å². The lowest BCUT2D eigenvalue weighted by molar-refractivity contribution is 0.440. The molecule has 2 aliphatic carbocycles. The fraction of sp³-hybridized carbons (Fsp3) is 0.458. The molecule has 2 saturated carbocycles. The summed E-state index contributed by atoms with van der Waals surface area (Å²) in [5.74, 6) is 3.21. The Kier molecular flexibility index (Phi) is 6.52. The minimum atomic E-state index is 1.01. The molecule has 0 aliphatic heterocycles. The van der Waals surface area contributed by atoms with Crippen LogP contribution in [0, 0.1) is 24.2 Å². The van der Waals surface area contributed by atoms with Crippen LogP contribution >= 0.6 is 0 Å². The third kappa shape index (κ3) is 5.23. The minimum absolute atomic E-state index is 1.01. The van der Waals surface area contributed by atoms with Crippen molar-refractivity contribution in [2.45, 2.75) is 51.4 Å². The molecule has 0 heteroatoms. The molecule has 2 fully saturated rings. The topological polar surface area (TPSA) is 0 Å². The molecule has 0 heterocycles. The Morgan fingerprint density at radius 2 is 1.71 bits per heavy atom. The molecule has 2 atom stereocenters. The van der Waals surface area contributed by atoms with Gasteiger partial charge in [0.1, 0.15) is 0 Å². The predicted octanol–water partition coefficient (Wildman–Crippen LogP) is 6.49. The summed E-state index contributed by atoms with van der Waals surface area (Å²) in [4.78, 5) is 0. The van der Waals surface area contributed by atoms with Gasteiger partial charge >= 0.3 is 0 Å². The van der Waals surface area contributed by atoms with Gasteiger partial charge in [0.25, 0.3) is 0 Å². The Morgan fingerprint density at radius 3 is 2.46 bits per heavy atom. The van der Waals surface area contributed by atoms with E-state index in [0.717, 1.165) is 24.2 Å². The van der Waals surface area contributed by atoms with Crippen molar-refractivity contribution in [3.8, 4) is 0 Å². The van der Waals surface area contributed by atoms with E-state index < -0.39 is 0 Å². The second-order valence-electron chi connectivity index (χ2n) is 7.50. The number of benzene rings is 1. The SMILES string of the molecule is C=C[CH]/C=C\C=C\Cc1ccc(CCC2CC2C2CCCC2)cc1. The van der Waals surface area contributed by atoms with Crippen LogP contribution in [0.2, 0.25) is 0 Å². The molecule has 1 radical (unpaired) electrons. The van der Waals surface area contributed by atoms with Gasteiger partial charge in [0.15, 0.2) is 0 Å². The van der Waals surface area contributed by atoms with Gasteiger partial charge in [-0.25, -0.2) is 0 Å². The zero-order valence-corrected chi connectivity index (χ0v) is 14.9. The van der Waals surface area contributed by atoms with Gasteiger partial charge in [0.2, 0.25) is 0 Å². The fourth-order valence-corrected chi connectivity index (χ4v) is 4.25. The van der Waals surface area contributed by atoms with E-state index in [1.165, 1.54) is 56.1 Å². The molecule has 0 nitrogen and oxygen atoms in total. The molecule has 0 N–H and O–H groups in total. The first-order valence-corrected chi connectivity index (χ1v) is 9.72. The van der Waals surface area contributed by atoms with Crippen molar-refractivity contribution in [2.24, 2.45) is 17.8 Å². The van der Waals surface area contributed by atoms with Crippen molar-refractivity contribution in [3.05, 3.63) is 78.8 Å². The van der Waals surface area contributed by atoms with E-state index in [1.54, 1.807) is 6.08 Å². The Balaban J connectivity index is 1.36. The summed E-state index contributed by atoms with van der Waals surface area (Å²) in [6, 6.07) is 9.25. The van der Waals surface area contributed by atoms with E-state index >= 15 is 0 Å². The molecule has 127 valence electrons. The summed E-state index contributed by atoms with van der Waals surface area (Å²) in [7, 11) is 0. The lowest BCUT2D eigenvalue weighted by atomic mass is 9.98. The second-order valence-corrected chi connectivity index (χ2v) is 7.50. The first-order valence-electron chi connectivity index (χ1n) is 9.72. The molecule has 24 heavy (non-hydrogen) atoms. The van der Waals surface area contributed by atoms with E-state index in [4.69, 9.17) is 0 Å². The third-order valence-corrected chi connectivity index (χ3v) is 5.77. The summed E-state index contributed by atoms with van der Waals surface area (Å²) in [6.07, 6.45) is 23.3. The first kappa shape index (κ1) is 17.3. The van der Waals surface area contributed by atoms with Crippen LogP contribution in [-0.4, -0.2) is 0 Å². The monoisotopic (exact) mass is 319 g/mol. The maximum Gasteiger partial charge on any atom is 0.00446 e. The van der Waals surface area contributed by atoms with Crippen molar-refractivity contribution in [1.82, 2.24) is 0 Å². The average molecular weight is 320 g/mol. The van der Waals surface area contributed by atoms with Crippen LogP contribution in [0.25, 0.3) is 0 Å². The molecule has 1 aromatic rings. The minimum Gasteiger partial charge on any atom is -0.102 e. The van der Waals surface area contributed by atoms with Crippen molar-refractivity contribution in [3.63, 3.8) is 0 Å². The lowest BCUT2D eigenvalue weighted by Crippen LogP contribution is -1.99. The normalized spacial score (nSPS) is 24.2. The Bertz CT molecular complexity index is 554. The molecule has 0 aromatic heterocycles. The molecule has 2 aliphatic rings. The van der Waals surface area contributed by atoms with E-state index in [2.05, 4.69) is 43.0 Å². The summed E-state index contributed by atoms with van der Waals surface area (Å²) in [5, 5.41) is 0. The highest BCUT2D eigenvalue weighted by Gasteiger charge is 2.42. The van der Waals surface area contributed by atoms with Gasteiger partial charge in [0, 0.05) is 6.42 Å². The van der Waals surface area contributed by atoms with Gasteiger partial charge in [-0.05, 0) is 54.6 Å². The van der Waals surface area contributed by atoms with E-state index in [9.17, 15) is 0 Å². The highest BCUT2D eigenvalue weighted by atomic mass is 14.5. The summed E-state index contributed by atoms with van der Waals surface area (Å²) >= 11 is 0. The number of allylic oxidation sites excluding steroid dienone is 5. The fourth-order valence-electron chi connectivity index (χ4n) is 4.25. The van der Waals surface area contributed by atoms with Gasteiger partial charge in [0.05, 0.1) is 0 Å². The third-order valence-electron chi connectivity index (χ3n) is 5.77. The highest BCUT2D eigenvalue weighted by Crippen LogP contribution is 2.52. The number of hydrogen-bond donors (Lipinski definition) is 0. The number of aryl methyl sites for hydroxylation is 1. The zero-order chi connectivity index (χ0) is 16.6. The Labute approximate surface area is 148 Å². The number of hydrogen-bond acceptors (Lipinski definition) is 0. The molecule has 2 unspecified atom stereocenters. The van der Waals surface area contributed by atoms with Crippen molar-refractivity contribution in [2.75, 3.05) is 0 Å². The predicted molar refractivity (Wildman–Crippen MR) is 105 cm³/mol. The van der Waals surface area contributed by atoms with Gasteiger partial charge in [-0.1, -0.05) is 80.3 Å². The standard InChI is InChI=1S/C24H31/c1-2-3-4-5-6-7-10-20-13-15-21(16-14-20)17-18-23-19-24(23)22-11-8-9-12-22/h2-7,13-16,22-24H,1,8-12,17-19H2/b5-4-,7-6+. The molecule has 0 bridgehead atoms. The van der Waals surface area contributed by atoms with Gasteiger partial charge in [-0.15, -0.1) is 6.58 Å². The smallest absolute Gasteiger partial charge is 0.00446 e. The van der Waals surface area contributed by atoms with Crippen molar-refractivity contribution < 1.29 is 0 Å². The maximum absolute atomic E-state index is 3.66. The van der Waals surface area contributed by atoms with Gasteiger partial charge in [-0.3, -0.25) is 0 Å². The molecule has 0 spiro atoms. The quantitative estimate of drug-likeness (QED) is 0.456. The van der Waals surface area contributed by atoms with E-state index in [1.807, 2.05) is 18.6 Å². The zero-order valence-electron chi connectivity index (χ0n) is 14.9. The highest BCUT2D eigenvalue weighted by molar-refractivity contribution is 5.25. The Hall–Kier alpha value is -1.56. The Morgan fingerprint density at radius 1 is 0.958 bits per heavy atom. The van der Waals surface area contributed by atoms with Crippen molar-refractivity contribution >= 4 is 0 Å². The van der Waals surface area contributed by atoms with Crippen LogP contribution in [-0.2, 0) is 12.8 Å². The van der Waals surface area contributed by atoms with Crippen LogP contribution in [0.15, 0.2) is 61.2 Å². The van der Waals surface area contributed by atoms with E-state index in [-0.39, 0.29) is 0 Å². The van der Waals surface area contributed by atoms with Crippen LogP contribution < -0.4 is 0 Å². The van der Waals surface area contributed by atoms with Crippen LogP contribution in [0.1, 0.15) is 49.7 Å². The van der Waals surface area contributed by atoms with Crippen LogP contribution in [0.5, 0.6) is 0 Å². The van der Waals surface area contributed by atoms with E-state index in [0.29, 0.717) is 0 Å². The molecular formula is C24H31. The number of rotatable bonds is 9. The van der Waals surface area contributed by atoms with Crippen LogP contribution in [0.4, 0.5) is 0 Å². The summed E-state index contributed by atoms with van der Waals surface area (Å²) in [5.41, 5.74) is 2.91. The summed E-state index contributed by atoms with van der Waals surface area (Å²) in [6.45, 7) is 3.66. The second kappa shape index (κ2) is 9.06. The van der Waals surface area contributed by atoms with Crippen LogP contribution in [0.3, 0.4) is 0 Å². The lowest BCUT2D eigenvalue weighted by Gasteiger charge is -2.08. The van der Waals surface area contributed by atoms with Gasteiger partial charge in [-0.2, -0.15) is 0 Å². The molecule has 0 amide bonds. The molecule has 1 aromatic carbocycles. The average Bonchev–Trinajstić information content (AvgIpc) is 3.18. The van der Waals surface area contributed by atoms with Gasteiger partial charge < -0.3 is 0 Å².